The zero-order valence-corrected chi connectivity index (χ0v) is 11.9. The minimum atomic E-state index is -0.463. The summed E-state index contributed by atoms with van der Waals surface area (Å²) in [5.41, 5.74) is 1.18. The highest BCUT2D eigenvalue weighted by Crippen LogP contribution is 2.22. The van der Waals surface area contributed by atoms with Crippen molar-refractivity contribution in [2.75, 3.05) is 14.2 Å². The number of hydroxylamine groups is 2. The minimum Gasteiger partial charge on any atom is -0.488 e. The monoisotopic (exact) mass is 289 g/mol. The summed E-state index contributed by atoms with van der Waals surface area (Å²) in [4.78, 5) is 17.0. The number of hydrogen-bond acceptors (Lipinski definition) is 3. The molecule has 110 valence electrons. The summed E-state index contributed by atoms with van der Waals surface area (Å²) in [6.07, 6.45) is 0. The summed E-state index contributed by atoms with van der Waals surface area (Å²) in [5.74, 6) is -0.678. The molecule has 4 nitrogen and oxygen atoms in total. The molecular weight excluding hydrogens is 273 g/mol. The lowest BCUT2D eigenvalue weighted by Gasteiger charge is -2.16. The molecule has 21 heavy (non-hydrogen) atoms. The molecule has 2 aromatic rings. The molecule has 0 atom stereocenters. The first-order valence-electron chi connectivity index (χ1n) is 6.40. The van der Waals surface area contributed by atoms with Crippen LogP contribution in [0.2, 0.25) is 0 Å². The third-order valence-corrected chi connectivity index (χ3v) is 2.97. The predicted octanol–water partition coefficient (Wildman–Crippen LogP) is 3.04. The van der Waals surface area contributed by atoms with E-state index in [0.29, 0.717) is 0 Å². The number of amides is 1. The van der Waals surface area contributed by atoms with E-state index in [9.17, 15) is 9.18 Å². The Morgan fingerprint density at radius 1 is 1.19 bits per heavy atom. The highest BCUT2D eigenvalue weighted by atomic mass is 19.1. The van der Waals surface area contributed by atoms with Gasteiger partial charge in [-0.3, -0.25) is 9.63 Å². The van der Waals surface area contributed by atoms with E-state index in [2.05, 4.69) is 0 Å². The molecular formula is C16H16FNO3. The summed E-state index contributed by atoms with van der Waals surface area (Å²) in [5, 5.41) is 1.06. The summed E-state index contributed by atoms with van der Waals surface area (Å²) >= 11 is 0. The molecule has 0 radical (unpaired) electrons. The van der Waals surface area contributed by atoms with E-state index in [1.165, 1.54) is 32.4 Å². The predicted molar refractivity (Wildman–Crippen MR) is 76.3 cm³/mol. The van der Waals surface area contributed by atoms with Gasteiger partial charge in [0, 0.05) is 13.1 Å². The number of ether oxygens (including phenoxy) is 1. The lowest BCUT2D eigenvalue weighted by molar-refractivity contribution is -0.0758. The second kappa shape index (κ2) is 6.85. The first-order valence-corrected chi connectivity index (χ1v) is 6.40. The van der Waals surface area contributed by atoms with Crippen LogP contribution in [0.15, 0.2) is 48.5 Å². The average molecular weight is 289 g/mol. The molecule has 0 N–H and O–H groups in total. The van der Waals surface area contributed by atoms with Crippen LogP contribution in [0, 0.1) is 5.82 Å². The second-order valence-electron chi connectivity index (χ2n) is 4.40. The van der Waals surface area contributed by atoms with Gasteiger partial charge in [-0.1, -0.05) is 30.3 Å². The molecule has 0 fully saturated rings. The van der Waals surface area contributed by atoms with Gasteiger partial charge in [0.05, 0.1) is 12.7 Å². The van der Waals surface area contributed by atoms with Crippen LogP contribution in [-0.2, 0) is 11.4 Å². The van der Waals surface area contributed by atoms with Gasteiger partial charge in [-0.05, 0) is 17.7 Å². The minimum absolute atomic E-state index is 0.188. The first kappa shape index (κ1) is 15.0. The number of halogens is 1. The Kier molecular flexibility index (Phi) is 4.90. The van der Waals surface area contributed by atoms with E-state index in [1.807, 2.05) is 30.3 Å². The smallest absolute Gasteiger partial charge is 0.280 e. The maximum absolute atomic E-state index is 13.4. The summed E-state index contributed by atoms with van der Waals surface area (Å²) in [6.45, 7) is 0.251. The van der Waals surface area contributed by atoms with Gasteiger partial charge < -0.3 is 4.74 Å². The van der Waals surface area contributed by atoms with Crippen LogP contribution >= 0.6 is 0 Å². The largest absolute Gasteiger partial charge is 0.488 e. The zero-order valence-electron chi connectivity index (χ0n) is 11.9. The van der Waals surface area contributed by atoms with Gasteiger partial charge in [0.1, 0.15) is 18.2 Å². The van der Waals surface area contributed by atoms with Gasteiger partial charge in [0.15, 0.2) is 0 Å². The Morgan fingerprint density at radius 2 is 1.90 bits per heavy atom. The molecule has 1 amide bonds. The number of carbonyl (C=O) groups excluding carboxylic acids is 1. The number of hydrogen-bond donors (Lipinski definition) is 0. The fourth-order valence-corrected chi connectivity index (χ4v) is 1.78. The topological polar surface area (TPSA) is 38.8 Å². The van der Waals surface area contributed by atoms with Crippen LogP contribution < -0.4 is 4.74 Å². The van der Waals surface area contributed by atoms with Crippen molar-refractivity contribution >= 4 is 5.91 Å². The fourth-order valence-electron chi connectivity index (χ4n) is 1.78. The third-order valence-electron chi connectivity index (χ3n) is 2.97. The molecule has 0 bridgehead atoms. The van der Waals surface area contributed by atoms with Gasteiger partial charge >= 0.3 is 0 Å². The standard InChI is InChI=1S/C16H16FNO3/c1-18(20-2)16(19)14-9-8-13(17)10-15(14)21-11-12-6-4-3-5-7-12/h3-10H,11H2,1-2H3. The van der Waals surface area contributed by atoms with Gasteiger partial charge in [-0.25, -0.2) is 9.45 Å². The van der Waals surface area contributed by atoms with Crippen molar-refractivity contribution < 1.29 is 18.8 Å². The van der Waals surface area contributed by atoms with E-state index in [4.69, 9.17) is 9.57 Å². The lowest BCUT2D eigenvalue weighted by Crippen LogP contribution is -2.26. The second-order valence-corrected chi connectivity index (χ2v) is 4.40. The third kappa shape index (κ3) is 3.79. The Bertz CT molecular complexity index is 616. The van der Waals surface area contributed by atoms with Crippen LogP contribution in [0.3, 0.4) is 0 Å². The summed E-state index contributed by atoms with van der Waals surface area (Å²) in [6, 6.07) is 13.2. The van der Waals surface area contributed by atoms with Gasteiger partial charge in [0.25, 0.3) is 5.91 Å². The highest BCUT2D eigenvalue weighted by Gasteiger charge is 2.17. The van der Waals surface area contributed by atoms with Crippen molar-refractivity contribution in [2.24, 2.45) is 0 Å². The normalized spacial score (nSPS) is 10.2. The highest BCUT2D eigenvalue weighted by molar-refractivity contribution is 5.96. The molecule has 0 heterocycles. The van der Waals surface area contributed by atoms with Gasteiger partial charge in [-0.2, -0.15) is 0 Å². The molecule has 5 heteroatoms. The number of carbonyl (C=O) groups is 1. The van der Waals surface area contributed by atoms with Crippen LogP contribution in [0.4, 0.5) is 4.39 Å². The van der Waals surface area contributed by atoms with E-state index >= 15 is 0 Å². The summed E-state index contributed by atoms with van der Waals surface area (Å²) < 4.78 is 19.0. The van der Waals surface area contributed by atoms with Crippen molar-refractivity contribution in [1.82, 2.24) is 5.06 Å². The number of nitrogens with zero attached hydrogens (tertiary/aromatic N) is 1. The first-order chi connectivity index (χ1) is 10.1. The Labute approximate surface area is 122 Å². The SMILES string of the molecule is CON(C)C(=O)c1ccc(F)cc1OCc1ccccc1. The zero-order chi connectivity index (χ0) is 15.2. The van der Waals surface area contributed by atoms with Crippen LogP contribution in [-0.4, -0.2) is 25.1 Å². The molecule has 0 saturated heterocycles. The van der Waals surface area contributed by atoms with E-state index in [-0.39, 0.29) is 17.9 Å². The van der Waals surface area contributed by atoms with Crippen molar-refractivity contribution in [2.45, 2.75) is 6.61 Å². The molecule has 0 spiro atoms. The molecule has 0 aliphatic carbocycles. The molecule has 2 aromatic carbocycles. The lowest BCUT2D eigenvalue weighted by atomic mass is 10.1. The maximum Gasteiger partial charge on any atom is 0.280 e. The molecule has 0 saturated carbocycles. The van der Waals surface area contributed by atoms with Gasteiger partial charge in [0.2, 0.25) is 0 Å². The molecule has 0 aliphatic rings. The quantitative estimate of drug-likeness (QED) is 0.794. The fraction of sp³-hybridized carbons (Fsp3) is 0.188. The van der Waals surface area contributed by atoms with E-state index in [0.717, 1.165) is 10.6 Å². The van der Waals surface area contributed by atoms with Crippen molar-refractivity contribution in [3.05, 3.63) is 65.5 Å². The van der Waals surface area contributed by atoms with Crippen LogP contribution in [0.1, 0.15) is 15.9 Å². The van der Waals surface area contributed by atoms with Crippen molar-refractivity contribution in [3.63, 3.8) is 0 Å². The maximum atomic E-state index is 13.4. The summed E-state index contributed by atoms with van der Waals surface area (Å²) in [7, 11) is 2.86. The van der Waals surface area contributed by atoms with Crippen molar-refractivity contribution in [1.29, 1.82) is 0 Å². The molecule has 0 aromatic heterocycles. The molecule has 0 unspecified atom stereocenters. The van der Waals surface area contributed by atoms with Crippen LogP contribution in [0.25, 0.3) is 0 Å². The van der Waals surface area contributed by atoms with Crippen LogP contribution in [0.5, 0.6) is 5.75 Å². The molecule has 0 aliphatic heterocycles. The molecule has 2 rings (SSSR count). The van der Waals surface area contributed by atoms with E-state index in [1.54, 1.807) is 0 Å². The van der Waals surface area contributed by atoms with E-state index < -0.39 is 11.7 Å². The van der Waals surface area contributed by atoms with Gasteiger partial charge in [-0.15, -0.1) is 0 Å². The number of benzene rings is 2. The number of rotatable bonds is 5. The Morgan fingerprint density at radius 3 is 2.57 bits per heavy atom. The van der Waals surface area contributed by atoms with Crippen molar-refractivity contribution in [3.8, 4) is 5.75 Å². The Balaban J connectivity index is 2.21. The Hall–Kier alpha value is -2.40. The average Bonchev–Trinajstić information content (AvgIpc) is 2.52.